The number of thiocarbonyl (C=S) groups is 1. The van der Waals surface area contributed by atoms with Gasteiger partial charge in [0.15, 0.2) is 0 Å². The molecule has 112 valence electrons. The van der Waals surface area contributed by atoms with E-state index in [4.69, 9.17) is 21.7 Å². The van der Waals surface area contributed by atoms with E-state index < -0.39 is 5.97 Å². The van der Waals surface area contributed by atoms with Gasteiger partial charge in [0, 0.05) is 19.0 Å². The first-order valence-electron chi connectivity index (χ1n) is 6.58. The molecule has 2 rings (SSSR count). The summed E-state index contributed by atoms with van der Waals surface area (Å²) in [6.45, 7) is 0.528. The Bertz CT molecular complexity index is 566. The van der Waals surface area contributed by atoms with E-state index in [2.05, 4.69) is 0 Å². The Morgan fingerprint density at radius 3 is 2.90 bits per heavy atom. The van der Waals surface area contributed by atoms with Crippen LogP contribution in [0, 0.1) is 0 Å². The van der Waals surface area contributed by atoms with Gasteiger partial charge >= 0.3 is 5.97 Å². The van der Waals surface area contributed by atoms with Crippen molar-refractivity contribution in [2.45, 2.75) is 25.7 Å². The quantitative estimate of drug-likeness (QED) is 0.472. The second-order valence-corrected chi connectivity index (χ2v) is 6.23. The lowest BCUT2D eigenvalue weighted by molar-refractivity contribution is -0.137. The molecule has 2 heterocycles. The Labute approximate surface area is 132 Å². The Balaban J connectivity index is 1.86. The van der Waals surface area contributed by atoms with E-state index >= 15 is 0 Å². The summed E-state index contributed by atoms with van der Waals surface area (Å²) < 4.78 is 5.73. The monoisotopic (exact) mass is 325 g/mol. The third kappa shape index (κ3) is 4.44. The van der Waals surface area contributed by atoms with Gasteiger partial charge in [-0.15, -0.1) is 0 Å². The number of aliphatic carboxylic acids is 1. The first kappa shape index (κ1) is 15.8. The van der Waals surface area contributed by atoms with Gasteiger partial charge in [-0.3, -0.25) is 14.5 Å². The number of unbranched alkanes of at least 4 members (excludes halogenated alkanes) is 2. The molecular formula is C14H15NO4S2. The average molecular weight is 325 g/mol. The molecule has 1 aliphatic heterocycles. The fraction of sp³-hybridized carbons (Fsp3) is 0.357. The van der Waals surface area contributed by atoms with Crippen LogP contribution in [-0.2, 0) is 9.59 Å². The fourth-order valence-electron chi connectivity index (χ4n) is 1.92. The van der Waals surface area contributed by atoms with Crippen molar-refractivity contribution in [1.29, 1.82) is 0 Å². The third-order valence-electron chi connectivity index (χ3n) is 2.96. The summed E-state index contributed by atoms with van der Waals surface area (Å²) in [5.74, 6) is -0.279. The fourth-order valence-corrected chi connectivity index (χ4v) is 3.21. The normalized spacial score (nSPS) is 17.0. The summed E-state index contributed by atoms with van der Waals surface area (Å²) in [6.07, 6.45) is 5.52. The molecule has 5 nitrogen and oxygen atoms in total. The Morgan fingerprint density at radius 2 is 2.24 bits per heavy atom. The number of carboxylic acid groups (broad SMARTS) is 1. The van der Waals surface area contributed by atoms with Gasteiger partial charge in [0.1, 0.15) is 10.1 Å². The van der Waals surface area contributed by atoms with E-state index in [1.807, 2.05) is 0 Å². The molecule has 1 N–H and O–H groups in total. The van der Waals surface area contributed by atoms with Crippen molar-refractivity contribution in [3.05, 3.63) is 29.1 Å². The van der Waals surface area contributed by atoms with Crippen LogP contribution in [0.4, 0.5) is 0 Å². The highest BCUT2D eigenvalue weighted by atomic mass is 32.2. The molecule has 1 aromatic rings. The summed E-state index contributed by atoms with van der Waals surface area (Å²) in [7, 11) is 0. The van der Waals surface area contributed by atoms with Crippen molar-refractivity contribution in [1.82, 2.24) is 4.90 Å². The Hall–Kier alpha value is -1.60. The first-order valence-corrected chi connectivity index (χ1v) is 7.81. The molecule has 21 heavy (non-hydrogen) atoms. The molecule has 0 radical (unpaired) electrons. The summed E-state index contributed by atoms with van der Waals surface area (Å²) in [4.78, 5) is 24.8. The number of amides is 1. The van der Waals surface area contributed by atoms with Gasteiger partial charge in [0.2, 0.25) is 0 Å². The van der Waals surface area contributed by atoms with Crippen LogP contribution in [0.5, 0.6) is 0 Å². The van der Waals surface area contributed by atoms with E-state index in [0.29, 0.717) is 28.0 Å². The van der Waals surface area contributed by atoms with E-state index in [-0.39, 0.29) is 12.3 Å². The van der Waals surface area contributed by atoms with Gasteiger partial charge in [-0.2, -0.15) is 0 Å². The van der Waals surface area contributed by atoms with Crippen LogP contribution >= 0.6 is 24.0 Å². The molecule has 7 heteroatoms. The Kier molecular flexibility index (Phi) is 5.58. The van der Waals surface area contributed by atoms with Crippen LogP contribution in [0.2, 0.25) is 0 Å². The van der Waals surface area contributed by atoms with Crippen LogP contribution in [0.3, 0.4) is 0 Å². The van der Waals surface area contributed by atoms with Crippen LogP contribution in [0.25, 0.3) is 6.08 Å². The summed E-state index contributed by atoms with van der Waals surface area (Å²) in [5.41, 5.74) is 0. The summed E-state index contributed by atoms with van der Waals surface area (Å²) >= 11 is 6.48. The summed E-state index contributed by atoms with van der Waals surface area (Å²) in [6, 6.07) is 3.54. The molecule has 0 aromatic carbocycles. The lowest BCUT2D eigenvalue weighted by Crippen LogP contribution is -2.29. The van der Waals surface area contributed by atoms with Crippen LogP contribution in [-0.4, -0.2) is 32.7 Å². The topological polar surface area (TPSA) is 70.8 Å². The van der Waals surface area contributed by atoms with Crippen molar-refractivity contribution in [2.24, 2.45) is 0 Å². The zero-order valence-electron chi connectivity index (χ0n) is 11.3. The van der Waals surface area contributed by atoms with Crippen LogP contribution in [0.15, 0.2) is 27.7 Å². The lowest BCUT2D eigenvalue weighted by atomic mass is 10.2. The molecule has 0 aliphatic carbocycles. The van der Waals surface area contributed by atoms with Gasteiger partial charge in [-0.05, 0) is 25.0 Å². The largest absolute Gasteiger partial charge is 0.481 e. The highest BCUT2D eigenvalue weighted by molar-refractivity contribution is 8.26. The van der Waals surface area contributed by atoms with E-state index in [9.17, 15) is 9.59 Å². The molecule has 0 atom stereocenters. The minimum absolute atomic E-state index is 0.111. The highest BCUT2D eigenvalue weighted by Crippen LogP contribution is 2.32. The van der Waals surface area contributed by atoms with Gasteiger partial charge in [0.05, 0.1) is 11.2 Å². The average Bonchev–Trinajstić information content (AvgIpc) is 3.01. The number of rotatable bonds is 7. The SMILES string of the molecule is O=C(O)CCCCCN1C(=O)/C(=C/c2ccco2)SC1=S. The van der Waals surface area contributed by atoms with Crippen molar-refractivity contribution in [3.8, 4) is 0 Å². The number of carbonyl (C=O) groups is 2. The number of thioether (sulfide) groups is 1. The zero-order chi connectivity index (χ0) is 15.2. The van der Waals surface area contributed by atoms with Crippen molar-refractivity contribution in [3.63, 3.8) is 0 Å². The van der Waals surface area contributed by atoms with Crippen molar-refractivity contribution >= 4 is 46.3 Å². The lowest BCUT2D eigenvalue weighted by Gasteiger charge is -2.13. The molecule has 1 saturated heterocycles. The van der Waals surface area contributed by atoms with E-state index in [1.165, 1.54) is 11.8 Å². The number of carbonyl (C=O) groups excluding carboxylic acids is 1. The minimum Gasteiger partial charge on any atom is -0.481 e. The van der Waals surface area contributed by atoms with Crippen LogP contribution < -0.4 is 0 Å². The predicted molar refractivity (Wildman–Crippen MR) is 84.7 cm³/mol. The predicted octanol–water partition coefficient (Wildman–Crippen LogP) is 3.13. The first-order chi connectivity index (χ1) is 10.1. The molecule has 0 bridgehead atoms. The second-order valence-electron chi connectivity index (χ2n) is 4.55. The maximum atomic E-state index is 12.2. The zero-order valence-corrected chi connectivity index (χ0v) is 12.9. The van der Waals surface area contributed by atoms with Gasteiger partial charge in [0.25, 0.3) is 5.91 Å². The number of hydrogen-bond acceptors (Lipinski definition) is 5. The number of nitrogens with zero attached hydrogens (tertiary/aromatic N) is 1. The summed E-state index contributed by atoms with van der Waals surface area (Å²) in [5, 5.41) is 8.56. The molecular weight excluding hydrogens is 310 g/mol. The maximum absolute atomic E-state index is 12.2. The minimum atomic E-state index is -0.790. The van der Waals surface area contributed by atoms with Gasteiger partial charge in [-0.25, -0.2) is 0 Å². The number of hydrogen-bond donors (Lipinski definition) is 1. The van der Waals surface area contributed by atoms with E-state index in [1.54, 1.807) is 29.4 Å². The molecule has 0 spiro atoms. The van der Waals surface area contributed by atoms with Gasteiger partial charge < -0.3 is 9.52 Å². The smallest absolute Gasteiger partial charge is 0.303 e. The molecule has 1 aliphatic rings. The van der Waals surface area contributed by atoms with Gasteiger partial charge in [-0.1, -0.05) is 30.4 Å². The molecule has 0 saturated carbocycles. The van der Waals surface area contributed by atoms with Crippen molar-refractivity contribution < 1.29 is 19.1 Å². The van der Waals surface area contributed by atoms with Crippen LogP contribution in [0.1, 0.15) is 31.4 Å². The van der Waals surface area contributed by atoms with E-state index in [0.717, 1.165) is 12.8 Å². The second kappa shape index (κ2) is 7.42. The maximum Gasteiger partial charge on any atom is 0.303 e. The number of carboxylic acids is 1. The highest BCUT2D eigenvalue weighted by Gasteiger charge is 2.31. The van der Waals surface area contributed by atoms with Crippen molar-refractivity contribution in [2.75, 3.05) is 6.54 Å². The molecule has 1 aromatic heterocycles. The molecule has 1 fully saturated rings. The number of furan rings is 1. The molecule has 0 unspecified atom stereocenters. The molecule has 1 amide bonds. The Morgan fingerprint density at radius 1 is 1.43 bits per heavy atom. The standard InChI is InChI=1S/C14H15NO4S2/c16-12(17)6-2-1-3-7-15-13(18)11(21-14(15)20)9-10-5-4-8-19-10/h4-5,8-9H,1-3,6-7H2,(H,16,17)/b11-9-. The third-order valence-corrected chi connectivity index (χ3v) is 4.34.